The lowest BCUT2D eigenvalue weighted by atomic mass is 10.3. The molecule has 3 heterocycles. The fraction of sp³-hybridized carbons (Fsp3) is 0.154. The zero-order chi connectivity index (χ0) is 14.1. The largest absolute Gasteiger partial charge is 0.385 e. The van der Waals surface area contributed by atoms with E-state index in [4.69, 9.17) is 0 Å². The highest BCUT2D eigenvalue weighted by atomic mass is 16.1. The summed E-state index contributed by atoms with van der Waals surface area (Å²) in [5.41, 5.74) is 1.94. The van der Waals surface area contributed by atoms with Crippen molar-refractivity contribution in [2.24, 2.45) is 7.05 Å². The van der Waals surface area contributed by atoms with Crippen molar-refractivity contribution < 1.29 is 0 Å². The second-order valence-electron chi connectivity index (χ2n) is 4.35. The van der Waals surface area contributed by atoms with Crippen molar-refractivity contribution in [3.63, 3.8) is 0 Å². The molecule has 0 aromatic carbocycles. The summed E-state index contributed by atoms with van der Waals surface area (Å²) in [6.45, 7) is 0. The zero-order valence-electron chi connectivity index (χ0n) is 11.2. The van der Waals surface area contributed by atoms with Crippen LogP contribution in [0.1, 0.15) is 0 Å². The zero-order valence-corrected chi connectivity index (χ0v) is 11.2. The van der Waals surface area contributed by atoms with E-state index in [9.17, 15) is 4.79 Å². The van der Waals surface area contributed by atoms with Gasteiger partial charge in [0.05, 0.1) is 5.69 Å². The maximum atomic E-state index is 12.0. The Bertz CT molecular complexity index is 819. The number of hydrogen-bond acceptors (Lipinski definition) is 5. The molecule has 3 rings (SSSR count). The smallest absolute Gasteiger partial charge is 0.274 e. The van der Waals surface area contributed by atoms with Gasteiger partial charge >= 0.3 is 0 Å². The molecular weight excluding hydrogens is 256 g/mol. The molecule has 0 atom stereocenters. The standard InChI is InChI=1S/C13H14N6O/c1-14-10-8-11(17-19-7-5-15-12(10)19)16-9-4-3-6-18(2)13(9)20/h3-8,14H,1-2H3,(H,16,17). The summed E-state index contributed by atoms with van der Waals surface area (Å²) in [6.07, 6.45) is 5.14. The molecule has 0 fully saturated rings. The highest BCUT2D eigenvalue weighted by Gasteiger charge is 2.07. The normalized spacial score (nSPS) is 10.7. The molecule has 7 nitrogen and oxygen atoms in total. The third-order valence-corrected chi connectivity index (χ3v) is 3.01. The van der Waals surface area contributed by atoms with E-state index in [2.05, 4.69) is 20.7 Å². The number of hydrogen-bond donors (Lipinski definition) is 2. The van der Waals surface area contributed by atoms with Crippen LogP contribution in [0.5, 0.6) is 0 Å². The summed E-state index contributed by atoms with van der Waals surface area (Å²) in [5, 5.41) is 10.5. The number of pyridine rings is 1. The second kappa shape index (κ2) is 4.69. The first-order valence-corrected chi connectivity index (χ1v) is 6.14. The van der Waals surface area contributed by atoms with Crippen LogP contribution in [0, 0.1) is 0 Å². The summed E-state index contributed by atoms with van der Waals surface area (Å²) in [7, 11) is 3.52. The number of nitrogens with zero attached hydrogens (tertiary/aromatic N) is 4. The van der Waals surface area contributed by atoms with Crippen LogP contribution in [-0.4, -0.2) is 26.2 Å². The summed E-state index contributed by atoms with van der Waals surface area (Å²) in [6, 6.07) is 5.34. The van der Waals surface area contributed by atoms with Crippen molar-refractivity contribution in [3.8, 4) is 0 Å². The SMILES string of the molecule is CNc1cc(Nc2cccn(C)c2=O)nn2ccnc12. The molecule has 3 aromatic rings. The first-order chi connectivity index (χ1) is 9.69. The summed E-state index contributed by atoms with van der Waals surface area (Å²) in [4.78, 5) is 16.2. The Morgan fingerprint density at radius 2 is 2.10 bits per heavy atom. The van der Waals surface area contributed by atoms with Gasteiger partial charge in [-0.05, 0) is 12.1 Å². The van der Waals surface area contributed by atoms with Crippen LogP contribution < -0.4 is 16.2 Å². The van der Waals surface area contributed by atoms with Crippen molar-refractivity contribution in [1.29, 1.82) is 0 Å². The van der Waals surface area contributed by atoms with Crippen LogP contribution in [-0.2, 0) is 7.05 Å². The molecule has 0 spiro atoms. The number of aromatic nitrogens is 4. The minimum Gasteiger partial charge on any atom is -0.385 e. The van der Waals surface area contributed by atoms with Gasteiger partial charge in [0, 0.05) is 38.8 Å². The van der Waals surface area contributed by atoms with Crippen LogP contribution in [0.4, 0.5) is 17.2 Å². The molecule has 0 bridgehead atoms. The van der Waals surface area contributed by atoms with Crippen LogP contribution in [0.15, 0.2) is 41.6 Å². The highest BCUT2D eigenvalue weighted by molar-refractivity contribution is 5.71. The molecule has 0 saturated carbocycles. The quantitative estimate of drug-likeness (QED) is 0.748. The van der Waals surface area contributed by atoms with Crippen molar-refractivity contribution in [1.82, 2.24) is 19.2 Å². The average Bonchev–Trinajstić information content (AvgIpc) is 2.91. The average molecular weight is 270 g/mol. The monoisotopic (exact) mass is 270 g/mol. The minimum atomic E-state index is -0.106. The van der Waals surface area contributed by atoms with E-state index in [0.29, 0.717) is 11.5 Å². The molecule has 0 amide bonds. The molecule has 2 N–H and O–H groups in total. The molecule has 0 aliphatic heterocycles. The third kappa shape index (κ3) is 1.99. The van der Waals surface area contributed by atoms with Gasteiger partial charge in [-0.1, -0.05) is 0 Å². The van der Waals surface area contributed by atoms with Crippen LogP contribution >= 0.6 is 0 Å². The van der Waals surface area contributed by atoms with Crippen LogP contribution in [0.3, 0.4) is 0 Å². The molecule has 3 aromatic heterocycles. The van der Waals surface area contributed by atoms with Crippen molar-refractivity contribution in [3.05, 3.63) is 47.1 Å². The molecular formula is C13H14N6O. The first-order valence-electron chi connectivity index (χ1n) is 6.14. The van der Waals surface area contributed by atoms with Crippen molar-refractivity contribution in [2.75, 3.05) is 17.7 Å². The van der Waals surface area contributed by atoms with E-state index in [0.717, 1.165) is 11.3 Å². The van der Waals surface area contributed by atoms with Crippen molar-refractivity contribution >= 4 is 22.8 Å². The van der Waals surface area contributed by atoms with Gasteiger partial charge < -0.3 is 15.2 Å². The lowest BCUT2D eigenvalue weighted by molar-refractivity contribution is 0.861. The van der Waals surface area contributed by atoms with Gasteiger partial charge in [-0.2, -0.15) is 0 Å². The van der Waals surface area contributed by atoms with Crippen LogP contribution in [0.25, 0.3) is 5.65 Å². The van der Waals surface area contributed by atoms with Gasteiger partial charge in [-0.25, -0.2) is 9.50 Å². The number of anilines is 3. The maximum Gasteiger partial charge on any atom is 0.274 e. The topological polar surface area (TPSA) is 76.2 Å². The summed E-state index contributed by atoms with van der Waals surface area (Å²) < 4.78 is 3.17. The Labute approximate surface area is 114 Å². The Balaban J connectivity index is 2.06. The Morgan fingerprint density at radius 1 is 1.25 bits per heavy atom. The number of nitrogens with one attached hydrogen (secondary N) is 2. The Kier molecular flexibility index (Phi) is 2.86. The molecule has 20 heavy (non-hydrogen) atoms. The van der Waals surface area contributed by atoms with Gasteiger partial charge in [-0.15, -0.1) is 5.10 Å². The van der Waals surface area contributed by atoms with Gasteiger partial charge in [0.15, 0.2) is 11.5 Å². The number of imidazole rings is 1. The predicted molar refractivity (Wildman–Crippen MR) is 77.5 cm³/mol. The molecule has 0 aliphatic carbocycles. The van der Waals surface area contributed by atoms with Gasteiger partial charge in [0.2, 0.25) is 0 Å². The number of rotatable bonds is 3. The third-order valence-electron chi connectivity index (χ3n) is 3.01. The van der Waals surface area contributed by atoms with Gasteiger partial charge in [-0.3, -0.25) is 4.79 Å². The van der Waals surface area contributed by atoms with E-state index in [1.165, 1.54) is 4.57 Å². The molecule has 0 saturated heterocycles. The predicted octanol–water partition coefficient (Wildman–Crippen LogP) is 1.21. The first kappa shape index (κ1) is 12.2. The van der Waals surface area contributed by atoms with Crippen molar-refractivity contribution in [2.45, 2.75) is 0 Å². The number of fused-ring (bicyclic) bond motifs is 1. The molecule has 0 unspecified atom stereocenters. The molecule has 102 valence electrons. The molecule has 7 heteroatoms. The second-order valence-corrected chi connectivity index (χ2v) is 4.35. The van der Waals surface area contributed by atoms with Gasteiger partial charge in [0.1, 0.15) is 5.69 Å². The Morgan fingerprint density at radius 3 is 2.90 bits per heavy atom. The Hall–Kier alpha value is -2.83. The van der Waals surface area contributed by atoms with E-state index < -0.39 is 0 Å². The molecule has 0 aliphatic rings. The fourth-order valence-electron chi connectivity index (χ4n) is 1.99. The molecule has 0 radical (unpaired) electrons. The van der Waals surface area contributed by atoms with E-state index in [1.54, 1.807) is 42.3 Å². The lowest BCUT2D eigenvalue weighted by Gasteiger charge is -2.09. The number of aryl methyl sites for hydroxylation is 1. The highest BCUT2D eigenvalue weighted by Crippen LogP contribution is 2.19. The fourth-order valence-corrected chi connectivity index (χ4v) is 1.99. The van der Waals surface area contributed by atoms with Crippen LogP contribution in [0.2, 0.25) is 0 Å². The minimum absolute atomic E-state index is 0.106. The summed E-state index contributed by atoms with van der Waals surface area (Å²) >= 11 is 0. The van der Waals surface area contributed by atoms with E-state index >= 15 is 0 Å². The van der Waals surface area contributed by atoms with Gasteiger partial charge in [0.25, 0.3) is 5.56 Å². The lowest BCUT2D eigenvalue weighted by Crippen LogP contribution is -2.19. The van der Waals surface area contributed by atoms with E-state index in [-0.39, 0.29) is 5.56 Å². The van der Waals surface area contributed by atoms with E-state index in [1.807, 2.05) is 13.1 Å². The summed E-state index contributed by atoms with van der Waals surface area (Å²) in [5.74, 6) is 0.572. The maximum absolute atomic E-state index is 12.0.